The molecule has 9 nitrogen and oxygen atoms in total. The molecule has 3 heterocycles. The molecule has 228 valence electrons. The van der Waals surface area contributed by atoms with Gasteiger partial charge in [-0.15, -0.1) is 10.8 Å². The summed E-state index contributed by atoms with van der Waals surface area (Å²) in [5.41, 5.74) is 2.68. The molecule has 3 atom stereocenters. The number of alkyl halides is 3. The van der Waals surface area contributed by atoms with E-state index in [0.29, 0.717) is 16.9 Å². The number of benzene rings is 2. The topological polar surface area (TPSA) is 114 Å². The van der Waals surface area contributed by atoms with Crippen LogP contribution in [0.1, 0.15) is 69.4 Å². The molecule has 2 aromatic carbocycles. The van der Waals surface area contributed by atoms with Gasteiger partial charge in [0.2, 0.25) is 0 Å². The number of hydrogen-bond acceptors (Lipinski definition) is 8. The summed E-state index contributed by atoms with van der Waals surface area (Å²) in [5, 5.41) is 8.51. The molecule has 4 aromatic rings. The van der Waals surface area contributed by atoms with Gasteiger partial charge in [0.05, 0.1) is 40.8 Å². The summed E-state index contributed by atoms with van der Waals surface area (Å²) in [4.78, 5) is 12.8. The van der Waals surface area contributed by atoms with Crippen LogP contribution < -0.4 is 0 Å². The molecule has 1 fully saturated rings. The number of halogens is 3. The highest BCUT2D eigenvalue weighted by atomic mass is 32.3. The van der Waals surface area contributed by atoms with E-state index in [9.17, 15) is 27.1 Å². The van der Waals surface area contributed by atoms with Crippen LogP contribution in [0.15, 0.2) is 64.1 Å². The number of carbonyl (C=O) groups is 1. The molecule has 0 radical (unpaired) electrons. The molecule has 43 heavy (non-hydrogen) atoms. The van der Waals surface area contributed by atoms with Crippen LogP contribution in [-0.2, 0) is 23.9 Å². The van der Waals surface area contributed by atoms with E-state index < -0.39 is 28.5 Å². The number of hydrogen-bond donors (Lipinski definition) is 2. The molecule has 0 saturated heterocycles. The summed E-state index contributed by atoms with van der Waals surface area (Å²) in [6.07, 6.45) is -2.02. The van der Waals surface area contributed by atoms with Gasteiger partial charge in [0, 0.05) is 31.0 Å². The lowest BCUT2D eigenvalue weighted by Gasteiger charge is -2.43. The fraction of sp³-hybridized carbons (Fsp3) is 0.367. The van der Waals surface area contributed by atoms with Crippen LogP contribution in [-0.4, -0.2) is 48.0 Å². The molecule has 0 spiro atoms. The molecule has 13 heteroatoms. The largest absolute Gasteiger partial charge is 0.465 e. The minimum absolute atomic E-state index is 0.0350. The summed E-state index contributed by atoms with van der Waals surface area (Å²) in [5.74, 6) is 0.0856. The second kappa shape index (κ2) is 10.8. The first kappa shape index (κ1) is 29.4. The van der Waals surface area contributed by atoms with Crippen molar-refractivity contribution < 1.29 is 36.3 Å². The van der Waals surface area contributed by atoms with Crippen molar-refractivity contribution in [1.29, 1.82) is 0 Å². The van der Waals surface area contributed by atoms with Crippen molar-refractivity contribution in [2.45, 2.75) is 56.1 Å². The quantitative estimate of drug-likeness (QED) is 0.224. The molecule has 0 amide bonds. The molecule has 2 aromatic heterocycles. The molecule has 1 aliphatic heterocycles. The van der Waals surface area contributed by atoms with Gasteiger partial charge in [0.15, 0.2) is 0 Å². The van der Waals surface area contributed by atoms with Crippen molar-refractivity contribution in [1.82, 2.24) is 19.2 Å². The van der Waals surface area contributed by atoms with E-state index in [4.69, 9.17) is 9.26 Å². The van der Waals surface area contributed by atoms with Gasteiger partial charge in [-0.05, 0) is 67.1 Å². The van der Waals surface area contributed by atoms with E-state index in [-0.39, 0.29) is 47.7 Å². The van der Waals surface area contributed by atoms with Crippen LogP contribution >= 0.6 is 10.8 Å². The Balaban J connectivity index is 1.32. The number of aryl methyl sites for hydroxylation is 1. The van der Waals surface area contributed by atoms with Crippen molar-refractivity contribution in [3.63, 3.8) is 0 Å². The first-order chi connectivity index (χ1) is 20.4. The number of rotatable bonds is 6. The minimum atomic E-state index is -4.53. The predicted octanol–water partition coefficient (Wildman–Crippen LogP) is 6.96. The highest BCUT2D eigenvalue weighted by Crippen LogP contribution is 2.57. The third kappa shape index (κ3) is 5.57. The zero-order valence-electron chi connectivity index (χ0n) is 23.7. The number of aromatic nitrogens is 3. The number of methoxy groups -OCH3 is 1. The molecule has 2 aliphatic rings. The lowest BCUT2D eigenvalue weighted by molar-refractivity contribution is -0.137. The smallest absolute Gasteiger partial charge is 0.416 e. The Morgan fingerprint density at radius 2 is 1.95 bits per heavy atom. The van der Waals surface area contributed by atoms with Gasteiger partial charge >= 0.3 is 12.1 Å². The van der Waals surface area contributed by atoms with Gasteiger partial charge in [0.1, 0.15) is 11.3 Å². The highest BCUT2D eigenvalue weighted by Gasteiger charge is 2.47. The Morgan fingerprint density at radius 3 is 2.65 bits per heavy atom. The molecular formula is C30H31F3N4O5S. The Bertz CT molecular complexity index is 1680. The number of fused-ring (bicyclic) bond motifs is 1. The van der Waals surface area contributed by atoms with Crippen LogP contribution in [0.5, 0.6) is 0 Å². The summed E-state index contributed by atoms with van der Waals surface area (Å²) in [7, 11) is -2.27. The van der Waals surface area contributed by atoms with Crippen LogP contribution in [0.25, 0.3) is 5.69 Å². The Hall–Kier alpha value is -3.65. The molecular weight excluding hydrogens is 585 g/mol. The van der Waals surface area contributed by atoms with E-state index in [1.807, 2.05) is 44.2 Å². The molecule has 0 bridgehead atoms. The van der Waals surface area contributed by atoms with Crippen LogP contribution in [0.4, 0.5) is 13.2 Å². The summed E-state index contributed by atoms with van der Waals surface area (Å²) in [6.45, 7) is 4.12. The number of ether oxygens (including phenoxy) is 1. The number of carbonyl (C=O) groups excluding carboxylic acids is 1. The Morgan fingerprint density at radius 1 is 1.16 bits per heavy atom. The fourth-order valence-corrected chi connectivity index (χ4v) is 7.73. The van der Waals surface area contributed by atoms with Crippen LogP contribution in [0, 0.1) is 12.8 Å². The van der Waals surface area contributed by atoms with Gasteiger partial charge in [-0.25, -0.2) is 9.48 Å². The standard InChI is InChI=1S/C30H31F3N4O5S/c1-17-9-20-12-21(30(31,32)33)7-8-27(20)43(39,40)36(15-17)16-19-5-4-6-22(11-19)37-28(25(14-34-37)29(38)41-3)24-13-23(24)26-10-18(2)35-42-26/h4-8,10-12,14,17,23-24,39-40H,9,13,15-16H2,1-3H3. The van der Waals surface area contributed by atoms with Crippen LogP contribution in [0.2, 0.25) is 0 Å². The van der Waals surface area contributed by atoms with E-state index in [2.05, 4.69) is 10.3 Å². The molecule has 6 rings (SSSR count). The number of nitrogens with zero attached hydrogens (tertiary/aromatic N) is 4. The molecule has 1 saturated carbocycles. The zero-order chi connectivity index (χ0) is 30.7. The highest BCUT2D eigenvalue weighted by molar-refractivity contribution is 8.22. The Kier molecular flexibility index (Phi) is 7.40. The number of esters is 1. The summed E-state index contributed by atoms with van der Waals surface area (Å²) < 4.78 is 76.6. The van der Waals surface area contributed by atoms with Crippen molar-refractivity contribution in [3.05, 3.63) is 94.1 Å². The van der Waals surface area contributed by atoms with Crippen molar-refractivity contribution in [3.8, 4) is 5.69 Å². The van der Waals surface area contributed by atoms with E-state index in [1.165, 1.54) is 23.7 Å². The SMILES string of the molecule is COC(=O)c1cnn(-c2cccc(CN3CC(C)Cc4cc(C(F)(F)F)ccc4S3(O)O)c2)c1C1CC1c1cc(C)no1. The second-order valence-corrected chi connectivity index (χ2v) is 13.3. The monoisotopic (exact) mass is 616 g/mol. The summed E-state index contributed by atoms with van der Waals surface area (Å²) >= 11 is 0. The lowest BCUT2D eigenvalue weighted by Crippen LogP contribution is -2.30. The third-order valence-corrected chi connectivity index (χ3v) is 9.99. The van der Waals surface area contributed by atoms with Crippen molar-refractivity contribution in [2.24, 2.45) is 5.92 Å². The van der Waals surface area contributed by atoms with Crippen molar-refractivity contribution >= 4 is 16.7 Å². The maximum Gasteiger partial charge on any atom is 0.416 e. The Labute approximate surface area is 247 Å². The molecule has 3 unspecified atom stereocenters. The van der Waals surface area contributed by atoms with E-state index in [1.54, 1.807) is 4.68 Å². The van der Waals surface area contributed by atoms with E-state index >= 15 is 0 Å². The molecule has 1 aliphatic carbocycles. The maximum absolute atomic E-state index is 13.4. The lowest BCUT2D eigenvalue weighted by atomic mass is 9.99. The van der Waals surface area contributed by atoms with Gasteiger partial charge in [-0.1, -0.05) is 24.2 Å². The minimum Gasteiger partial charge on any atom is -0.465 e. The van der Waals surface area contributed by atoms with Gasteiger partial charge < -0.3 is 9.26 Å². The zero-order valence-corrected chi connectivity index (χ0v) is 24.5. The maximum atomic E-state index is 13.4. The van der Waals surface area contributed by atoms with Gasteiger partial charge in [-0.2, -0.15) is 22.6 Å². The average molecular weight is 617 g/mol. The van der Waals surface area contributed by atoms with Crippen LogP contribution in [0.3, 0.4) is 0 Å². The van der Waals surface area contributed by atoms with Crippen molar-refractivity contribution in [2.75, 3.05) is 13.7 Å². The van der Waals surface area contributed by atoms with Gasteiger partial charge in [0.25, 0.3) is 0 Å². The molecule has 2 N–H and O–H groups in total. The average Bonchev–Trinajstić information content (AvgIpc) is 3.43. The first-order valence-electron chi connectivity index (χ1n) is 13.8. The fourth-order valence-electron chi connectivity index (χ4n) is 5.92. The first-order valence-corrected chi connectivity index (χ1v) is 15.3. The normalized spacial score (nSPS) is 22.5. The third-order valence-electron chi connectivity index (χ3n) is 8.01. The van der Waals surface area contributed by atoms with Gasteiger partial charge in [-0.3, -0.25) is 9.11 Å². The van der Waals surface area contributed by atoms with E-state index in [0.717, 1.165) is 35.6 Å². The summed E-state index contributed by atoms with van der Waals surface area (Å²) in [6, 6.07) is 12.3. The second-order valence-electron chi connectivity index (χ2n) is 11.3. The predicted molar refractivity (Wildman–Crippen MR) is 152 cm³/mol.